The van der Waals surface area contributed by atoms with E-state index >= 15 is 0 Å². The van der Waals surface area contributed by atoms with Gasteiger partial charge >= 0.3 is 0 Å². The highest BCUT2D eigenvalue weighted by atomic mass is 16.2. The Morgan fingerprint density at radius 3 is 2.37 bits per heavy atom. The maximum Gasteiger partial charge on any atom is 0.247 e. The fourth-order valence-electron chi connectivity index (χ4n) is 3.74. The van der Waals surface area contributed by atoms with E-state index in [1.165, 1.54) is 30.8 Å². The summed E-state index contributed by atoms with van der Waals surface area (Å²) in [5.74, 6) is 0.622. The average molecular weight is 265 g/mol. The third-order valence-corrected chi connectivity index (χ3v) is 4.77. The topological polar surface area (TPSA) is 52.7 Å². The van der Waals surface area contributed by atoms with Crippen LogP contribution >= 0.6 is 0 Å². The van der Waals surface area contributed by atoms with Crippen molar-refractivity contribution in [2.24, 2.45) is 5.92 Å². The number of imide groups is 1. The third kappa shape index (κ3) is 2.30. The fraction of sp³-hybridized carbons (Fsp3) is 0.857. The number of nitrogens with zero attached hydrogens (tertiary/aromatic N) is 2. The first-order chi connectivity index (χ1) is 9.06. The number of carbonyl (C=O) groups excluding carboxylic acids is 2. The van der Waals surface area contributed by atoms with E-state index in [0.717, 1.165) is 6.54 Å². The molecule has 0 aromatic rings. The van der Waals surface area contributed by atoms with E-state index in [4.69, 9.17) is 0 Å². The quantitative estimate of drug-likeness (QED) is 0.741. The van der Waals surface area contributed by atoms with Gasteiger partial charge in [-0.15, -0.1) is 0 Å². The number of nitrogens with one attached hydrogen (secondary N) is 1. The molecule has 4 aliphatic rings. The zero-order chi connectivity index (χ0) is 13.6. The molecule has 2 amide bonds. The Morgan fingerprint density at radius 2 is 1.89 bits per heavy atom. The molecule has 0 aromatic carbocycles. The van der Waals surface area contributed by atoms with Crippen LogP contribution in [-0.4, -0.2) is 59.4 Å². The summed E-state index contributed by atoms with van der Waals surface area (Å²) in [6, 6.07) is 0.0650. The number of likely N-dealkylation sites (tertiary alicyclic amines) is 1. The number of hydrogen-bond acceptors (Lipinski definition) is 4. The van der Waals surface area contributed by atoms with Crippen LogP contribution in [0.2, 0.25) is 0 Å². The van der Waals surface area contributed by atoms with Crippen molar-refractivity contribution >= 4 is 11.8 Å². The number of piperidine rings is 3. The maximum atomic E-state index is 12.3. The molecule has 0 aromatic heterocycles. The van der Waals surface area contributed by atoms with Crippen LogP contribution in [0.15, 0.2) is 0 Å². The molecule has 2 unspecified atom stereocenters. The van der Waals surface area contributed by atoms with Gasteiger partial charge in [0.1, 0.15) is 0 Å². The third-order valence-electron chi connectivity index (χ3n) is 4.77. The van der Waals surface area contributed by atoms with Crippen molar-refractivity contribution in [1.29, 1.82) is 0 Å². The van der Waals surface area contributed by atoms with Crippen LogP contribution in [0.5, 0.6) is 0 Å². The van der Waals surface area contributed by atoms with Crippen LogP contribution in [-0.2, 0) is 9.59 Å². The number of amides is 2. The summed E-state index contributed by atoms with van der Waals surface area (Å²) >= 11 is 0. The number of fused-ring (bicyclic) bond motifs is 3. The molecule has 0 aliphatic carbocycles. The van der Waals surface area contributed by atoms with Crippen molar-refractivity contribution in [2.45, 2.75) is 51.2 Å². The molecule has 1 N–H and O–H groups in total. The molecule has 4 heterocycles. The second kappa shape index (κ2) is 4.87. The van der Waals surface area contributed by atoms with Crippen LogP contribution in [0.1, 0.15) is 33.1 Å². The first-order valence-electron chi connectivity index (χ1n) is 7.40. The predicted octanol–water partition coefficient (Wildman–Crippen LogP) is 0.206. The van der Waals surface area contributed by atoms with Crippen LogP contribution in [0, 0.1) is 5.92 Å². The molecule has 19 heavy (non-hydrogen) atoms. The Morgan fingerprint density at radius 1 is 1.21 bits per heavy atom. The van der Waals surface area contributed by atoms with Crippen molar-refractivity contribution in [3.63, 3.8) is 0 Å². The number of carbonyl (C=O) groups is 2. The van der Waals surface area contributed by atoms with Gasteiger partial charge in [0.05, 0.1) is 12.5 Å². The zero-order valence-corrected chi connectivity index (χ0v) is 11.8. The van der Waals surface area contributed by atoms with Crippen LogP contribution in [0.4, 0.5) is 0 Å². The van der Waals surface area contributed by atoms with Crippen molar-refractivity contribution in [3.05, 3.63) is 0 Å². The van der Waals surface area contributed by atoms with E-state index < -0.39 is 0 Å². The van der Waals surface area contributed by atoms with Gasteiger partial charge in [-0.05, 0) is 45.7 Å². The lowest BCUT2D eigenvalue weighted by Gasteiger charge is -2.45. The molecule has 2 atom stereocenters. The van der Waals surface area contributed by atoms with E-state index in [0.29, 0.717) is 18.4 Å². The highest BCUT2D eigenvalue weighted by Gasteiger charge is 2.43. The fourth-order valence-corrected chi connectivity index (χ4v) is 3.74. The zero-order valence-electron chi connectivity index (χ0n) is 11.8. The standard InChI is InChI=1S/C14H23N3O2/c1-9(2)17-13(18)7-11(14(17)19)15-12-8-16-5-3-10(12)4-6-16/h9-12,15H,3-8H2,1-2H3. The summed E-state index contributed by atoms with van der Waals surface area (Å²) in [4.78, 5) is 28.0. The summed E-state index contributed by atoms with van der Waals surface area (Å²) in [5.41, 5.74) is 0. The summed E-state index contributed by atoms with van der Waals surface area (Å²) in [5, 5.41) is 3.46. The van der Waals surface area contributed by atoms with Gasteiger partial charge in [-0.25, -0.2) is 0 Å². The monoisotopic (exact) mass is 265 g/mol. The Bertz CT molecular complexity index is 388. The Labute approximate surface area is 114 Å². The van der Waals surface area contributed by atoms with Gasteiger partial charge in [-0.2, -0.15) is 0 Å². The lowest BCUT2D eigenvalue weighted by atomic mass is 9.83. The van der Waals surface area contributed by atoms with Crippen molar-refractivity contribution in [2.75, 3.05) is 19.6 Å². The van der Waals surface area contributed by atoms with Gasteiger partial charge in [-0.1, -0.05) is 0 Å². The molecule has 4 saturated heterocycles. The van der Waals surface area contributed by atoms with Gasteiger partial charge < -0.3 is 10.2 Å². The molecule has 5 nitrogen and oxygen atoms in total. The molecule has 4 fully saturated rings. The highest BCUT2D eigenvalue weighted by molar-refractivity contribution is 6.05. The van der Waals surface area contributed by atoms with Gasteiger partial charge in [-0.3, -0.25) is 14.5 Å². The van der Waals surface area contributed by atoms with Crippen LogP contribution in [0.3, 0.4) is 0 Å². The number of hydrogen-bond donors (Lipinski definition) is 1. The highest BCUT2D eigenvalue weighted by Crippen LogP contribution is 2.28. The van der Waals surface area contributed by atoms with E-state index in [1.54, 1.807) is 0 Å². The van der Waals surface area contributed by atoms with Gasteiger partial charge in [0.2, 0.25) is 11.8 Å². The molecule has 5 heteroatoms. The summed E-state index contributed by atoms with van der Waals surface area (Å²) < 4.78 is 0. The summed E-state index contributed by atoms with van der Waals surface area (Å²) in [6.07, 6.45) is 2.78. The molecule has 0 radical (unpaired) electrons. The molecule has 4 rings (SSSR count). The summed E-state index contributed by atoms with van der Waals surface area (Å²) in [7, 11) is 0. The predicted molar refractivity (Wildman–Crippen MR) is 71.5 cm³/mol. The van der Waals surface area contributed by atoms with Gasteiger partial charge in [0, 0.05) is 18.6 Å². The molecular weight excluding hydrogens is 242 g/mol. The average Bonchev–Trinajstić information content (AvgIpc) is 2.66. The first-order valence-corrected chi connectivity index (χ1v) is 7.40. The normalized spacial score (nSPS) is 38.6. The smallest absolute Gasteiger partial charge is 0.247 e. The molecule has 0 saturated carbocycles. The first kappa shape index (κ1) is 13.1. The van der Waals surface area contributed by atoms with Crippen molar-refractivity contribution < 1.29 is 9.59 Å². The molecule has 4 aliphatic heterocycles. The maximum absolute atomic E-state index is 12.3. The van der Waals surface area contributed by atoms with Gasteiger partial charge in [0.15, 0.2) is 0 Å². The lowest BCUT2D eigenvalue weighted by molar-refractivity contribution is -0.140. The second-order valence-corrected chi connectivity index (χ2v) is 6.36. The SMILES string of the molecule is CC(C)N1C(=O)CC(NC2CN3CCC2CC3)C1=O. The van der Waals surface area contributed by atoms with E-state index in [9.17, 15) is 9.59 Å². The molecule has 106 valence electrons. The minimum atomic E-state index is -0.291. The van der Waals surface area contributed by atoms with Crippen LogP contribution < -0.4 is 5.32 Å². The Hall–Kier alpha value is -0.940. The van der Waals surface area contributed by atoms with E-state index in [-0.39, 0.29) is 23.9 Å². The number of rotatable bonds is 3. The molecular formula is C14H23N3O2. The summed E-state index contributed by atoms with van der Waals surface area (Å²) in [6.45, 7) is 7.21. The van der Waals surface area contributed by atoms with Crippen molar-refractivity contribution in [1.82, 2.24) is 15.1 Å². The molecule has 0 spiro atoms. The Balaban J connectivity index is 1.65. The second-order valence-electron chi connectivity index (χ2n) is 6.36. The largest absolute Gasteiger partial charge is 0.302 e. The van der Waals surface area contributed by atoms with Gasteiger partial charge in [0.25, 0.3) is 0 Å². The van der Waals surface area contributed by atoms with Crippen LogP contribution in [0.25, 0.3) is 0 Å². The van der Waals surface area contributed by atoms with E-state index in [1.807, 2.05) is 13.8 Å². The lowest BCUT2D eigenvalue weighted by Crippen LogP contribution is -2.59. The van der Waals surface area contributed by atoms with Crippen molar-refractivity contribution in [3.8, 4) is 0 Å². The Kier molecular flexibility index (Phi) is 3.35. The molecule has 2 bridgehead atoms. The minimum Gasteiger partial charge on any atom is -0.302 e. The minimum absolute atomic E-state index is 0.0289. The van der Waals surface area contributed by atoms with E-state index in [2.05, 4.69) is 10.2 Å².